The Balaban J connectivity index is 2.19. The molecule has 0 aliphatic rings. The van der Waals surface area contributed by atoms with Gasteiger partial charge in [-0.25, -0.2) is 0 Å². The molecule has 0 spiro atoms. The molecule has 0 heterocycles. The highest BCUT2D eigenvalue weighted by Gasteiger charge is 1.96. The summed E-state index contributed by atoms with van der Waals surface area (Å²) < 4.78 is 10.5. The summed E-state index contributed by atoms with van der Waals surface area (Å²) in [6.07, 6.45) is 3.68. The van der Waals surface area contributed by atoms with Crippen molar-refractivity contribution < 1.29 is 14.3 Å². The summed E-state index contributed by atoms with van der Waals surface area (Å²) in [5, 5.41) is 0. The van der Waals surface area contributed by atoms with Crippen LogP contribution in [0.1, 0.15) is 38.2 Å². The molecule has 3 nitrogen and oxygen atoms in total. The summed E-state index contributed by atoms with van der Waals surface area (Å²) in [5.74, 6) is 6.20. The highest BCUT2D eigenvalue weighted by atomic mass is 16.5. The summed E-state index contributed by atoms with van der Waals surface area (Å²) in [5.41, 5.74) is 1.06. The number of benzene rings is 1. The molecule has 0 amide bonds. The lowest BCUT2D eigenvalue weighted by atomic mass is 10.1. The van der Waals surface area contributed by atoms with Crippen molar-refractivity contribution in [1.29, 1.82) is 0 Å². The van der Waals surface area contributed by atoms with Crippen LogP contribution in [0.15, 0.2) is 24.3 Å². The van der Waals surface area contributed by atoms with Gasteiger partial charge >= 0.3 is 0 Å². The lowest BCUT2D eigenvalue weighted by Gasteiger charge is -2.02. The molecule has 0 fully saturated rings. The molecule has 1 aromatic carbocycles. The number of carbonyl (C=O) groups excluding carboxylic acids is 1. The lowest BCUT2D eigenvalue weighted by Crippen LogP contribution is -1.96. The maximum Gasteiger partial charge on any atom is 0.205 e. The number of carbonyl (C=O) groups is 1. The van der Waals surface area contributed by atoms with E-state index >= 15 is 0 Å². The summed E-state index contributed by atoms with van der Waals surface area (Å²) in [6.45, 7) is 2.89. The van der Waals surface area contributed by atoms with Gasteiger partial charge in [0.15, 0.2) is 0 Å². The molecule has 0 saturated heterocycles. The molecular formula is C17H22O3. The highest BCUT2D eigenvalue weighted by Crippen LogP contribution is 2.11. The Morgan fingerprint density at radius 1 is 1.20 bits per heavy atom. The first kappa shape index (κ1) is 16.3. The van der Waals surface area contributed by atoms with Crippen LogP contribution in [0.2, 0.25) is 0 Å². The van der Waals surface area contributed by atoms with Gasteiger partial charge in [0.25, 0.3) is 0 Å². The molecule has 0 radical (unpaired) electrons. The first-order valence-corrected chi connectivity index (χ1v) is 6.98. The van der Waals surface area contributed by atoms with Crippen LogP contribution >= 0.6 is 0 Å². The minimum absolute atomic E-state index is 0.00602. The molecule has 0 unspecified atom stereocenters. The van der Waals surface area contributed by atoms with Crippen molar-refractivity contribution in [2.24, 2.45) is 0 Å². The van der Waals surface area contributed by atoms with Gasteiger partial charge in [-0.05, 0) is 30.0 Å². The normalized spacial score (nSPS) is 9.70. The molecule has 0 N–H and O–H groups in total. The predicted octanol–water partition coefficient (Wildman–Crippen LogP) is 3.36. The summed E-state index contributed by atoms with van der Waals surface area (Å²) >= 11 is 0. The van der Waals surface area contributed by atoms with Crippen LogP contribution in [-0.2, 0) is 16.1 Å². The number of methoxy groups -OCH3 is 1. The first-order chi connectivity index (χ1) is 9.76. The maximum atomic E-state index is 11.4. The Morgan fingerprint density at radius 2 is 1.95 bits per heavy atom. The SMILES string of the molecule is CCCCCC(=O)C#CCOCc1ccc(OC)cc1. The Kier molecular flexibility index (Phi) is 8.17. The fraction of sp³-hybridized carbons (Fsp3) is 0.471. The smallest absolute Gasteiger partial charge is 0.205 e. The van der Waals surface area contributed by atoms with Crippen LogP contribution < -0.4 is 4.74 Å². The van der Waals surface area contributed by atoms with Crippen molar-refractivity contribution in [1.82, 2.24) is 0 Å². The van der Waals surface area contributed by atoms with Gasteiger partial charge < -0.3 is 9.47 Å². The van der Waals surface area contributed by atoms with E-state index < -0.39 is 0 Å². The molecule has 0 aromatic heterocycles. The molecule has 1 aromatic rings. The van der Waals surface area contributed by atoms with Crippen LogP contribution in [-0.4, -0.2) is 19.5 Å². The zero-order valence-electron chi connectivity index (χ0n) is 12.3. The second kappa shape index (κ2) is 10.1. The Hall–Kier alpha value is -1.79. The molecular weight excluding hydrogens is 252 g/mol. The van der Waals surface area contributed by atoms with Gasteiger partial charge in [0, 0.05) is 6.42 Å². The van der Waals surface area contributed by atoms with Gasteiger partial charge in [-0.1, -0.05) is 37.8 Å². The van der Waals surface area contributed by atoms with Gasteiger partial charge in [-0.2, -0.15) is 0 Å². The second-order valence-corrected chi connectivity index (χ2v) is 4.52. The van der Waals surface area contributed by atoms with Gasteiger partial charge in [-0.15, -0.1) is 0 Å². The number of hydrogen-bond acceptors (Lipinski definition) is 3. The standard InChI is InChI=1S/C17H22O3/c1-3-4-5-7-16(18)8-6-13-20-14-15-9-11-17(19-2)12-10-15/h9-12H,3-5,7,13-14H2,1-2H3. The molecule has 3 heteroatoms. The van der Waals surface area contributed by atoms with E-state index in [0.717, 1.165) is 30.6 Å². The molecule has 1 rings (SSSR count). The van der Waals surface area contributed by atoms with E-state index in [9.17, 15) is 4.79 Å². The molecule has 0 atom stereocenters. The zero-order chi connectivity index (χ0) is 14.6. The molecule has 20 heavy (non-hydrogen) atoms. The van der Waals surface area contributed by atoms with Gasteiger partial charge in [-0.3, -0.25) is 4.79 Å². The van der Waals surface area contributed by atoms with Crippen molar-refractivity contribution in [2.75, 3.05) is 13.7 Å². The number of ether oxygens (including phenoxy) is 2. The van der Waals surface area contributed by atoms with Crippen molar-refractivity contribution in [3.63, 3.8) is 0 Å². The van der Waals surface area contributed by atoms with Gasteiger partial charge in [0.05, 0.1) is 13.7 Å². The Bertz CT molecular complexity index is 451. The monoisotopic (exact) mass is 274 g/mol. The first-order valence-electron chi connectivity index (χ1n) is 6.98. The van der Waals surface area contributed by atoms with Crippen molar-refractivity contribution in [3.8, 4) is 17.6 Å². The number of rotatable bonds is 8. The minimum atomic E-state index is 0.00602. The molecule has 0 saturated carbocycles. The van der Waals surface area contributed by atoms with Crippen LogP contribution in [0.5, 0.6) is 5.75 Å². The number of Topliss-reactive ketones (excluding diaryl/α,β-unsaturated/α-hetero) is 1. The Morgan fingerprint density at radius 3 is 2.60 bits per heavy atom. The van der Waals surface area contributed by atoms with E-state index in [-0.39, 0.29) is 12.4 Å². The van der Waals surface area contributed by atoms with Crippen molar-refractivity contribution in [3.05, 3.63) is 29.8 Å². The van der Waals surface area contributed by atoms with E-state index in [4.69, 9.17) is 9.47 Å². The quantitative estimate of drug-likeness (QED) is 0.414. The third-order valence-electron chi connectivity index (χ3n) is 2.84. The molecule has 0 aliphatic carbocycles. The average Bonchev–Trinajstić information content (AvgIpc) is 2.48. The maximum absolute atomic E-state index is 11.4. The van der Waals surface area contributed by atoms with Crippen LogP contribution in [0.25, 0.3) is 0 Å². The fourth-order valence-electron chi connectivity index (χ4n) is 1.67. The summed E-state index contributed by atoms with van der Waals surface area (Å²) in [7, 11) is 1.64. The van der Waals surface area contributed by atoms with Crippen LogP contribution in [0, 0.1) is 11.8 Å². The van der Waals surface area contributed by atoms with Crippen molar-refractivity contribution in [2.45, 2.75) is 39.2 Å². The van der Waals surface area contributed by atoms with E-state index in [1.165, 1.54) is 0 Å². The number of hydrogen-bond donors (Lipinski definition) is 0. The average molecular weight is 274 g/mol. The van der Waals surface area contributed by atoms with Crippen molar-refractivity contribution >= 4 is 5.78 Å². The molecule has 0 aliphatic heterocycles. The molecule has 108 valence electrons. The highest BCUT2D eigenvalue weighted by molar-refractivity contribution is 5.95. The van der Waals surface area contributed by atoms with Crippen LogP contribution in [0.4, 0.5) is 0 Å². The second-order valence-electron chi connectivity index (χ2n) is 4.52. The van der Waals surface area contributed by atoms with Crippen LogP contribution in [0.3, 0.4) is 0 Å². The minimum Gasteiger partial charge on any atom is -0.497 e. The van der Waals surface area contributed by atoms with Gasteiger partial charge in [0.2, 0.25) is 5.78 Å². The summed E-state index contributed by atoms with van der Waals surface area (Å²) in [6, 6.07) is 7.67. The van der Waals surface area contributed by atoms with E-state index in [0.29, 0.717) is 13.0 Å². The third kappa shape index (κ3) is 6.96. The topological polar surface area (TPSA) is 35.5 Å². The van der Waals surface area contributed by atoms with E-state index in [1.807, 2.05) is 24.3 Å². The Labute approximate surface area is 121 Å². The number of unbranched alkanes of at least 4 members (excludes halogenated alkanes) is 2. The number of ketones is 1. The fourth-order valence-corrected chi connectivity index (χ4v) is 1.67. The molecule has 0 bridgehead atoms. The third-order valence-corrected chi connectivity index (χ3v) is 2.84. The lowest BCUT2D eigenvalue weighted by molar-refractivity contribution is -0.113. The van der Waals surface area contributed by atoms with Gasteiger partial charge in [0.1, 0.15) is 12.4 Å². The summed E-state index contributed by atoms with van der Waals surface area (Å²) in [4.78, 5) is 11.4. The zero-order valence-corrected chi connectivity index (χ0v) is 12.3. The van der Waals surface area contributed by atoms with E-state index in [1.54, 1.807) is 7.11 Å². The van der Waals surface area contributed by atoms with E-state index in [2.05, 4.69) is 18.8 Å². The predicted molar refractivity (Wildman–Crippen MR) is 79.6 cm³/mol. The largest absolute Gasteiger partial charge is 0.497 e.